The Bertz CT molecular complexity index is 441. The van der Waals surface area contributed by atoms with Crippen LogP contribution in [-0.2, 0) is 0 Å². The molecular weight excluding hydrogens is 217 g/mol. The third-order valence-corrected chi connectivity index (χ3v) is 3.38. The highest BCUT2D eigenvalue weighted by Crippen LogP contribution is 2.28. The van der Waals surface area contributed by atoms with Gasteiger partial charge in [0, 0.05) is 18.2 Å². The number of hydrogen-bond acceptors (Lipinski definition) is 3. The van der Waals surface area contributed by atoms with Crippen molar-refractivity contribution in [3.05, 3.63) is 30.1 Å². The van der Waals surface area contributed by atoms with Crippen molar-refractivity contribution in [2.45, 2.75) is 18.9 Å². The number of hydrogen-bond donors (Lipinski definition) is 2. The molecule has 1 fully saturated rings. The first kappa shape index (κ1) is 11.9. The minimum absolute atomic E-state index is 0.185. The normalized spacial score (nSPS) is 28.4. The van der Waals surface area contributed by atoms with Crippen LogP contribution in [0.2, 0.25) is 0 Å². The smallest absolute Gasteiger partial charge is 0.130 e. The fraction of sp³-hybridized carbons (Fsp3) is 0.462. The lowest BCUT2D eigenvalue weighted by Gasteiger charge is -2.38. The van der Waals surface area contributed by atoms with Gasteiger partial charge in [0.1, 0.15) is 11.4 Å². The molecule has 0 saturated carbocycles. The lowest BCUT2D eigenvalue weighted by Crippen LogP contribution is -2.53. The largest absolute Gasteiger partial charge is 0.367 e. The summed E-state index contributed by atoms with van der Waals surface area (Å²) in [5, 5.41) is 15.9. The molecule has 1 saturated heterocycles. The summed E-state index contributed by atoms with van der Waals surface area (Å²) in [4.78, 5) is 0. The molecule has 2 unspecified atom stereocenters. The highest BCUT2D eigenvalue weighted by molar-refractivity contribution is 5.48. The molecule has 1 aliphatic rings. The Balaban J connectivity index is 2.22. The summed E-state index contributed by atoms with van der Waals surface area (Å²) >= 11 is 0. The van der Waals surface area contributed by atoms with Crippen LogP contribution in [-0.4, -0.2) is 18.6 Å². The SMILES string of the molecule is CC1CNCCC1(C#N)Nc1cccc(F)c1. The molecule has 0 spiro atoms. The van der Waals surface area contributed by atoms with Crippen molar-refractivity contribution in [2.24, 2.45) is 5.92 Å². The van der Waals surface area contributed by atoms with E-state index in [4.69, 9.17) is 0 Å². The average Bonchev–Trinajstić information content (AvgIpc) is 2.32. The topological polar surface area (TPSA) is 47.9 Å². The van der Waals surface area contributed by atoms with E-state index < -0.39 is 5.54 Å². The van der Waals surface area contributed by atoms with Crippen LogP contribution in [0.25, 0.3) is 0 Å². The van der Waals surface area contributed by atoms with Gasteiger partial charge in [0.05, 0.1) is 6.07 Å². The quantitative estimate of drug-likeness (QED) is 0.822. The summed E-state index contributed by atoms with van der Waals surface area (Å²) in [6.45, 7) is 3.64. The Morgan fingerprint density at radius 1 is 1.59 bits per heavy atom. The van der Waals surface area contributed by atoms with E-state index >= 15 is 0 Å². The molecule has 1 aliphatic heterocycles. The first-order valence-electron chi connectivity index (χ1n) is 5.82. The maximum Gasteiger partial charge on any atom is 0.130 e. The molecule has 0 amide bonds. The van der Waals surface area contributed by atoms with Gasteiger partial charge in [0.15, 0.2) is 0 Å². The highest BCUT2D eigenvalue weighted by Gasteiger charge is 2.38. The number of nitriles is 1. The Morgan fingerprint density at radius 3 is 3.06 bits per heavy atom. The van der Waals surface area contributed by atoms with Crippen LogP contribution < -0.4 is 10.6 Å². The van der Waals surface area contributed by atoms with Gasteiger partial charge in [-0.1, -0.05) is 13.0 Å². The summed E-state index contributed by atoms with van der Waals surface area (Å²) < 4.78 is 13.1. The highest BCUT2D eigenvalue weighted by atomic mass is 19.1. The van der Waals surface area contributed by atoms with E-state index in [9.17, 15) is 9.65 Å². The molecule has 17 heavy (non-hydrogen) atoms. The minimum atomic E-state index is -0.598. The fourth-order valence-electron chi connectivity index (χ4n) is 2.23. The molecule has 2 N–H and O–H groups in total. The van der Waals surface area contributed by atoms with Crippen LogP contribution in [0.4, 0.5) is 10.1 Å². The van der Waals surface area contributed by atoms with Gasteiger partial charge in [0.25, 0.3) is 0 Å². The van der Waals surface area contributed by atoms with E-state index in [1.807, 2.05) is 6.92 Å². The van der Waals surface area contributed by atoms with E-state index in [0.717, 1.165) is 19.5 Å². The van der Waals surface area contributed by atoms with Crippen molar-refractivity contribution >= 4 is 5.69 Å². The number of halogens is 1. The van der Waals surface area contributed by atoms with Crippen molar-refractivity contribution in [1.82, 2.24) is 5.32 Å². The van der Waals surface area contributed by atoms with Crippen molar-refractivity contribution < 1.29 is 4.39 Å². The van der Waals surface area contributed by atoms with Gasteiger partial charge in [-0.25, -0.2) is 4.39 Å². The van der Waals surface area contributed by atoms with Crippen LogP contribution in [0.15, 0.2) is 24.3 Å². The van der Waals surface area contributed by atoms with E-state index in [1.165, 1.54) is 12.1 Å². The van der Waals surface area contributed by atoms with Crippen molar-refractivity contribution in [3.63, 3.8) is 0 Å². The molecule has 0 radical (unpaired) electrons. The third kappa shape index (κ3) is 2.40. The molecule has 0 bridgehead atoms. The Morgan fingerprint density at radius 2 is 2.41 bits per heavy atom. The average molecular weight is 233 g/mol. The van der Waals surface area contributed by atoms with Crippen molar-refractivity contribution in [3.8, 4) is 6.07 Å². The van der Waals surface area contributed by atoms with E-state index in [1.54, 1.807) is 12.1 Å². The summed E-state index contributed by atoms with van der Waals surface area (Å²) in [5.41, 5.74) is 0.0688. The van der Waals surface area contributed by atoms with Crippen LogP contribution in [0.5, 0.6) is 0 Å². The summed E-state index contributed by atoms with van der Waals surface area (Å²) in [6, 6.07) is 8.62. The first-order valence-corrected chi connectivity index (χ1v) is 5.82. The molecule has 90 valence electrons. The van der Waals surface area contributed by atoms with Crippen molar-refractivity contribution in [2.75, 3.05) is 18.4 Å². The Labute approximate surface area is 101 Å². The number of rotatable bonds is 2. The minimum Gasteiger partial charge on any atom is -0.367 e. The molecular formula is C13H16FN3. The van der Waals surface area contributed by atoms with E-state index in [2.05, 4.69) is 16.7 Å². The second kappa shape index (κ2) is 4.72. The predicted molar refractivity (Wildman–Crippen MR) is 65.0 cm³/mol. The number of benzene rings is 1. The second-order valence-electron chi connectivity index (χ2n) is 4.57. The van der Waals surface area contributed by atoms with Gasteiger partial charge in [-0.2, -0.15) is 5.26 Å². The van der Waals surface area contributed by atoms with Gasteiger partial charge in [-0.3, -0.25) is 0 Å². The molecule has 0 aromatic heterocycles. The number of anilines is 1. The number of nitrogens with one attached hydrogen (secondary N) is 2. The molecule has 1 heterocycles. The first-order chi connectivity index (χ1) is 8.16. The molecule has 4 heteroatoms. The van der Waals surface area contributed by atoms with Crippen LogP contribution in [0.3, 0.4) is 0 Å². The molecule has 2 rings (SSSR count). The van der Waals surface area contributed by atoms with Crippen LogP contribution in [0.1, 0.15) is 13.3 Å². The van der Waals surface area contributed by atoms with Gasteiger partial charge in [-0.05, 0) is 31.2 Å². The lowest BCUT2D eigenvalue weighted by molar-refractivity contribution is 0.304. The van der Waals surface area contributed by atoms with Crippen LogP contribution in [0, 0.1) is 23.1 Å². The number of piperidine rings is 1. The molecule has 3 nitrogen and oxygen atoms in total. The predicted octanol–water partition coefficient (Wildman–Crippen LogP) is 2.13. The standard InChI is InChI=1S/C13H16FN3/c1-10-8-16-6-5-13(10,9-15)17-12-4-2-3-11(14)7-12/h2-4,7,10,16-17H,5-6,8H2,1H3. The number of nitrogens with zero attached hydrogens (tertiary/aromatic N) is 1. The Hall–Kier alpha value is -1.60. The Kier molecular flexibility index (Phi) is 3.30. The van der Waals surface area contributed by atoms with Crippen molar-refractivity contribution in [1.29, 1.82) is 5.26 Å². The van der Waals surface area contributed by atoms with E-state index in [0.29, 0.717) is 5.69 Å². The molecule has 1 aromatic rings. The molecule has 2 atom stereocenters. The maximum absolute atomic E-state index is 13.1. The van der Waals surface area contributed by atoms with Gasteiger partial charge in [0.2, 0.25) is 0 Å². The van der Waals surface area contributed by atoms with Gasteiger partial charge < -0.3 is 10.6 Å². The fourth-order valence-corrected chi connectivity index (χ4v) is 2.23. The molecule has 0 aliphatic carbocycles. The summed E-state index contributed by atoms with van der Waals surface area (Å²) in [5.74, 6) is -0.103. The third-order valence-electron chi connectivity index (χ3n) is 3.38. The molecule has 1 aromatic carbocycles. The second-order valence-corrected chi connectivity index (χ2v) is 4.57. The monoisotopic (exact) mass is 233 g/mol. The van der Waals surface area contributed by atoms with Gasteiger partial charge in [-0.15, -0.1) is 0 Å². The lowest BCUT2D eigenvalue weighted by atomic mass is 9.80. The summed E-state index contributed by atoms with van der Waals surface area (Å²) in [7, 11) is 0. The van der Waals surface area contributed by atoms with E-state index in [-0.39, 0.29) is 11.7 Å². The van der Waals surface area contributed by atoms with Gasteiger partial charge >= 0.3 is 0 Å². The zero-order valence-corrected chi connectivity index (χ0v) is 9.83. The zero-order chi connectivity index (χ0) is 12.3. The summed E-state index contributed by atoms with van der Waals surface area (Å²) in [6.07, 6.45) is 0.723. The zero-order valence-electron chi connectivity index (χ0n) is 9.83. The van der Waals surface area contributed by atoms with Crippen LogP contribution >= 0.6 is 0 Å². The maximum atomic E-state index is 13.1.